The van der Waals surface area contributed by atoms with Crippen LogP contribution in [0.25, 0.3) is 10.9 Å². The highest BCUT2D eigenvalue weighted by atomic mass is 15.3. The fourth-order valence-electron chi connectivity index (χ4n) is 6.25. The van der Waals surface area contributed by atoms with Crippen LogP contribution in [0, 0.1) is 0 Å². The Morgan fingerprint density at radius 1 is 0.733 bits per heavy atom. The van der Waals surface area contributed by atoms with Crippen molar-refractivity contribution in [3.63, 3.8) is 0 Å². The topological polar surface area (TPSA) is 41.9 Å². The quantitative estimate of drug-likeness (QED) is 0.475. The van der Waals surface area contributed by atoms with Crippen LogP contribution in [-0.2, 0) is 18.3 Å². The first-order valence-electron chi connectivity index (χ1n) is 10.8. The van der Waals surface area contributed by atoms with Crippen LogP contribution < -0.4 is 4.90 Å². The van der Waals surface area contributed by atoms with Crippen LogP contribution in [0.3, 0.4) is 0 Å². The van der Waals surface area contributed by atoms with E-state index in [0.717, 1.165) is 23.7 Å². The molecule has 2 aromatic heterocycles. The Kier molecular flexibility index (Phi) is 3.12. The van der Waals surface area contributed by atoms with E-state index in [1.807, 2.05) is 6.20 Å². The van der Waals surface area contributed by atoms with Gasteiger partial charge in [-0.1, -0.05) is 36.4 Å². The van der Waals surface area contributed by atoms with Gasteiger partial charge < -0.3 is 4.90 Å². The van der Waals surface area contributed by atoms with E-state index in [1.54, 1.807) is 6.20 Å². The summed E-state index contributed by atoms with van der Waals surface area (Å²) in [4.78, 5) is 7.35. The van der Waals surface area contributed by atoms with Crippen molar-refractivity contribution < 1.29 is 0 Å². The van der Waals surface area contributed by atoms with Gasteiger partial charge in [0, 0.05) is 33.9 Å². The molecule has 4 aliphatic rings. The summed E-state index contributed by atoms with van der Waals surface area (Å²) in [6.45, 7) is 0. The molecule has 0 unspecified atom stereocenters. The highest BCUT2D eigenvalue weighted by Crippen LogP contribution is 2.72. The zero-order valence-corrected chi connectivity index (χ0v) is 16.8. The summed E-state index contributed by atoms with van der Waals surface area (Å²) in [5.41, 5.74) is 8.52. The SMILES string of the molecule is c1ccc2c(c1)CCc1ccccc1N2C12CC(c3cnc4cnncc4c3)(C1)C2. The molecule has 1 aliphatic heterocycles. The minimum absolute atomic E-state index is 0.224. The zero-order chi connectivity index (χ0) is 19.8. The first-order valence-corrected chi connectivity index (χ1v) is 10.8. The molecule has 0 amide bonds. The maximum Gasteiger partial charge on any atom is 0.0919 e. The Bertz CT molecular complexity index is 1240. The average Bonchev–Trinajstić information content (AvgIpc) is 2.90. The minimum atomic E-state index is 0.224. The van der Waals surface area contributed by atoms with E-state index in [2.05, 4.69) is 80.9 Å². The Labute approximate surface area is 175 Å². The molecule has 8 rings (SSSR count). The molecule has 0 spiro atoms. The smallest absolute Gasteiger partial charge is 0.0919 e. The number of para-hydroxylation sites is 2. The number of rotatable bonds is 2. The fourth-order valence-corrected chi connectivity index (χ4v) is 6.25. The molecule has 4 heteroatoms. The second kappa shape index (κ2) is 5.66. The van der Waals surface area contributed by atoms with E-state index in [4.69, 9.17) is 0 Å². The van der Waals surface area contributed by atoms with E-state index in [0.29, 0.717) is 0 Å². The lowest BCUT2D eigenvalue weighted by Gasteiger charge is -2.74. The maximum atomic E-state index is 4.66. The second-order valence-electron chi connectivity index (χ2n) is 9.32. The molecule has 0 atom stereocenters. The van der Waals surface area contributed by atoms with Gasteiger partial charge in [0.2, 0.25) is 0 Å². The van der Waals surface area contributed by atoms with Gasteiger partial charge >= 0.3 is 0 Å². The normalized spacial score (nSPS) is 26.2. The van der Waals surface area contributed by atoms with Crippen LogP contribution in [0.1, 0.15) is 36.0 Å². The summed E-state index contributed by atoms with van der Waals surface area (Å²) >= 11 is 0. The number of aryl methyl sites for hydroxylation is 2. The first kappa shape index (κ1) is 16.5. The summed E-state index contributed by atoms with van der Waals surface area (Å²) in [6.07, 6.45) is 11.4. The van der Waals surface area contributed by atoms with Crippen molar-refractivity contribution in [3.05, 3.63) is 89.9 Å². The minimum Gasteiger partial charge on any atom is -0.335 e. The van der Waals surface area contributed by atoms with Gasteiger partial charge in [-0.15, -0.1) is 0 Å². The van der Waals surface area contributed by atoms with Gasteiger partial charge in [-0.3, -0.25) is 4.98 Å². The van der Waals surface area contributed by atoms with Crippen molar-refractivity contribution >= 4 is 22.3 Å². The van der Waals surface area contributed by atoms with E-state index >= 15 is 0 Å². The highest BCUT2D eigenvalue weighted by Gasteiger charge is 2.71. The molecule has 146 valence electrons. The third kappa shape index (κ3) is 2.08. The van der Waals surface area contributed by atoms with E-state index in [1.165, 1.54) is 47.3 Å². The van der Waals surface area contributed by atoms with Crippen LogP contribution in [-0.4, -0.2) is 20.7 Å². The fraction of sp³-hybridized carbons (Fsp3) is 0.269. The molecule has 3 fully saturated rings. The van der Waals surface area contributed by atoms with Gasteiger partial charge in [0.05, 0.1) is 17.9 Å². The van der Waals surface area contributed by atoms with Crippen molar-refractivity contribution in [1.82, 2.24) is 15.2 Å². The van der Waals surface area contributed by atoms with Crippen LogP contribution in [0.5, 0.6) is 0 Å². The Hall–Kier alpha value is -3.27. The van der Waals surface area contributed by atoms with Gasteiger partial charge in [0.15, 0.2) is 0 Å². The first-order chi connectivity index (χ1) is 14.8. The number of pyridine rings is 1. The molecule has 3 aliphatic carbocycles. The molecular formula is C26H22N4. The Morgan fingerprint density at radius 3 is 2.07 bits per heavy atom. The molecule has 4 nitrogen and oxygen atoms in total. The lowest BCUT2D eigenvalue weighted by atomic mass is 9.37. The van der Waals surface area contributed by atoms with Crippen molar-refractivity contribution in [3.8, 4) is 0 Å². The lowest BCUT2D eigenvalue weighted by molar-refractivity contribution is -0.0584. The predicted molar refractivity (Wildman–Crippen MR) is 118 cm³/mol. The molecule has 3 saturated carbocycles. The number of fused-ring (bicyclic) bond motifs is 3. The van der Waals surface area contributed by atoms with E-state index in [-0.39, 0.29) is 11.0 Å². The number of benzene rings is 2. The number of nitrogens with zero attached hydrogens (tertiary/aromatic N) is 4. The Morgan fingerprint density at radius 2 is 1.37 bits per heavy atom. The molecule has 0 saturated heterocycles. The third-order valence-electron chi connectivity index (χ3n) is 7.61. The molecule has 3 heterocycles. The molecule has 4 aromatic rings. The molecule has 2 aromatic carbocycles. The van der Waals surface area contributed by atoms with Gasteiger partial charge in [-0.2, -0.15) is 10.2 Å². The predicted octanol–water partition coefficient (Wildman–Crippen LogP) is 5.14. The van der Waals surface area contributed by atoms with E-state index < -0.39 is 0 Å². The third-order valence-corrected chi connectivity index (χ3v) is 7.61. The summed E-state index contributed by atoms with van der Waals surface area (Å²) in [6, 6.07) is 20.3. The van der Waals surface area contributed by atoms with Gasteiger partial charge in [0.25, 0.3) is 0 Å². The van der Waals surface area contributed by atoms with Crippen molar-refractivity contribution in [1.29, 1.82) is 0 Å². The van der Waals surface area contributed by atoms with Crippen LogP contribution in [0.2, 0.25) is 0 Å². The van der Waals surface area contributed by atoms with Crippen molar-refractivity contribution in [2.24, 2.45) is 0 Å². The van der Waals surface area contributed by atoms with Crippen molar-refractivity contribution in [2.75, 3.05) is 4.90 Å². The summed E-state index contributed by atoms with van der Waals surface area (Å²) in [5, 5.41) is 9.08. The van der Waals surface area contributed by atoms with Crippen LogP contribution in [0.4, 0.5) is 11.4 Å². The van der Waals surface area contributed by atoms with E-state index in [9.17, 15) is 0 Å². The summed E-state index contributed by atoms with van der Waals surface area (Å²) < 4.78 is 0. The standard InChI is InChI=1S/C26H22N4/c1-3-7-23-18(5-1)9-10-19-6-2-4-8-24(19)30(23)26-15-25(16-26,17-26)21-11-20-12-28-29-14-22(20)27-13-21/h1-8,11-14H,9-10,15-17H2. The average molecular weight is 390 g/mol. The van der Waals surface area contributed by atoms with Gasteiger partial charge in [0.1, 0.15) is 0 Å². The number of hydrogen-bond acceptors (Lipinski definition) is 4. The van der Waals surface area contributed by atoms with Crippen molar-refractivity contribution in [2.45, 2.75) is 43.1 Å². The summed E-state index contributed by atoms with van der Waals surface area (Å²) in [7, 11) is 0. The maximum absolute atomic E-state index is 4.66. The lowest BCUT2D eigenvalue weighted by Crippen LogP contribution is -2.76. The van der Waals surface area contributed by atoms with Crippen LogP contribution in [0.15, 0.2) is 73.2 Å². The van der Waals surface area contributed by atoms with Crippen LogP contribution >= 0.6 is 0 Å². The molecular weight excluding hydrogens is 368 g/mol. The zero-order valence-electron chi connectivity index (χ0n) is 16.8. The van der Waals surface area contributed by atoms with Gasteiger partial charge in [-0.05, 0) is 67.0 Å². The molecule has 0 radical (unpaired) electrons. The van der Waals surface area contributed by atoms with Gasteiger partial charge in [-0.25, -0.2) is 0 Å². The summed E-state index contributed by atoms with van der Waals surface area (Å²) in [5.74, 6) is 0. The Balaban J connectivity index is 1.29. The largest absolute Gasteiger partial charge is 0.335 e. The number of hydrogen-bond donors (Lipinski definition) is 0. The monoisotopic (exact) mass is 390 g/mol. The second-order valence-corrected chi connectivity index (χ2v) is 9.32. The highest BCUT2D eigenvalue weighted by molar-refractivity contribution is 5.79. The molecule has 30 heavy (non-hydrogen) atoms. The molecule has 0 N–H and O–H groups in total. The molecule has 2 bridgehead atoms. The number of aromatic nitrogens is 3. The number of anilines is 2.